The van der Waals surface area contributed by atoms with Gasteiger partial charge in [-0.3, -0.25) is 10.1 Å². The molecule has 4 nitrogen and oxygen atoms in total. The Kier molecular flexibility index (Phi) is 3.82. The van der Waals surface area contributed by atoms with Crippen LogP contribution in [0.4, 0.5) is 5.69 Å². The highest BCUT2D eigenvalue weighted by atomic mass is 35.5. The van der Waals surface area contributed by atoms with Gasteiger partial charge in [-0.05, 0) is 6.07 Å². The molecular weight excluding hydrogens is 238 g/mol. The number of nitro groups is 1. The second-order valence-corrected chi connectivity index (χ2v) is 5.25. The van der Waals surface area contributed by atoms with Crippen molar-refractivity contribution in [2.45, 2.75) is 24.0 Å². The van der Waals surface area contributed by atoms with Gasteiger partial charge in [0, 0.05) is 16.3 Å². The van der Waals surface area contributed by atoms with E-state index in [1.165, 1.54) is 17.8 Å². The molecule has 82 valence electrons. The van der Waals surface area contributed by atoms with Crippen LogP contribution in [0.5, 0.6) is 5.75 Å². The summed E-state index contributed by atoms with van der Waals surface area (Å²) in [4.78, 5) is 10.4. The zero-order chi connectivity index (χ0) is 11.6. The molecule has 0 bridgehead atoms. The monoisotopic (exact) mass is 247 g/mol. The minimum absolute atomic E-state index is 0.217. The molecular formula is C9H10ClNO3S. The van der Waals surface area contributed by atoms with E-state index in [1.807, 2.05) is 13.8 Å². The summed E-state index contributed by atoms with van der Waals surface area (Å²) in [6, 6.07) is 2.66. The molecule has 0 radical (unpaired) electrons. The lowest BCUT2D eigenvalue weighted by Gasteiger charge is -2.07. The van der Waals surface area contributed by atoms with Gasteiger partial charge in [0.15, 0.2) is 0 Å². The average molecular weight is 248 g/mol. The van der Waals surface area contributed by atoms with Crippen LogP contribution in [0.3, 0.4) is 0 Å². The second-order valence-electron chi connectivity index (χ2n) is 3.20. The van der Waals surface area contributed by atoms with Crippen molar-refractivity contribution in [3.05, 3.63) is 27.3 Å². The Balaban J connectivity index is 3.22. The fourth-order valence-electron chi connectivity index (χ4n) is 1.04. The molecule has 1 N–H and O–H groups in total. The van der Waals surface area contributed by atoms with Gasteiger partial charge in [-0.1, -0.05) is 25.4 Å². The van der Waals surface area contributed by atoms with Gasteiger partial charge >= 0.3 is 5.69 Å². The van der Waals surface area contributed by atoms with E-state index in [0.717, 1.165) is 6.07 Å². The van der Waals surface area contributed by atoms with Crippen molar-refractivity contribution in [1.82, 2.24) is 0 Å². The first-order valence-corrected chi connectivity index (χ1v) is 5.51. The lowest BCUT2D eigenvalue weighted by Crippen LogP contribution is -1.92. The quantitative estimate of drug-likeness (QED) is 0.505. The standard InChI is InChI=1S/C9H10ClNO3S/c1-5(2)15-8-4-6(10)3-7(9(8)12)11(13)14/h3-5,12H,1-2H3. The van der Waals surface area contributed by atoms with Gasteiger partial charge in [-0.2, -0.15) is 0 Å². The van der Waals surface area contributed by atoms with E-state index >= 15 is 0 Å². The van der Waals surface area contributed by atoms with Crippen LogP contribution in [0.1, 0.15) is 13.8 Å². The third-order valence-electron chi connectivity index (χ3n) is 1.58. The smallest absolute Gasteiger partial charge is 0.313 e. The number of benzene rings is 1. The summed E-state index contributed by atoms with van der Waals surface area (Å²) in [7, 11) is 0. The van der Waals surface area contributed by atoms with E-state index in [2.05, 4.69) is 0 Å². The number of rotatable bonds is 3. The molecule has 0 amide bonds. The third-order valence-corrected chi connectivity index (χ3v) is 2.83. The summed E-state index contributed by atoms with van der Waals surface area (Å²) >= 11 is 7.05. The Morgan fingerprint density at radius 2 is 2.13 bits per heavy atom. The Bertz CT molecular complexity index is 395. The predicted molar refractivity (Wildman–Crippen MR) is 60.8 cm³/mol. The number of phenolic OH excluding ortho intramolecular Hbond substituents is 1. The van der Waals surface area contributed by atoms with Crippen LogP contribution in [-0.2, 0) is 0 Å². The van der Waals surface area contributed by atoms with Crippen molar-refractivity contribution in [3.8, 4) is 5.75 Å². The highest BCUT2D eigenvalue weighted by Crippen LogP contribution is 2.40. The van der Waals surface area contributed by atoms with Gasteiger partial charge in [0.05, 0.1) is 9.82 Å². The summed E-state index contributed by atoms with van der Waals surface area (Å²) in [5.41, 5.74) is -0.356. The molecule has 15 heavy (non-hydrogen) atoms. The summed E-state index contributed by atoms with van der Waals surface area (Å²) < 4.78 is 0. The highest BCUT2D eigenvalue weighted by molar-refractivity contribution is 8.00. The molecule has 1 aromatic rings. The SMILES string of the molecule is CC(C)Sc1cc(Cl)cc([N+](=O)[O-])c1O. The molecule has 0 atom stereocenters. The van der Waals surface area contributed by atoms with Crippen LogP contribution in [0, 0.1) is 10.1 Å². The summed E-state index contributed by atoms with van der Waals surface area (Å²) in [6.45, 7) is 3.85. The normalized spacial score (nSPS) is 10.7. The Morgan fingerprint density at radius 3 is 2.60 bits per heavy atom. The van der Waals surface area contributed by atoms with Crippen LogP contribution >= 0.6 is 23.4 Å². The van der Waals surface area contributed by atoms with Crippen LogP contribution < -0.4 is 0 Å². The average Bonchev–Trinajstić information content (AvgIpc) is 2.09. The van der Waals surface area contributed by atoms with Crippen molar-refractivity contribution >= 4 is 29.1 Å². The summed E-state index contributed by atoms with van der Waals surface area (Å²) in [5.74, 6) is -0.317. The topological polar surface area (TPSA) is 63.4 Å². The lowest BCUT2D eigenvalue weighted by atomic mass is 10.3. The van der Waals surface area contributed by atoms with Gasteiger partial charge in [0.2, 0.25) is 5.75 Å². The van der Waals surface area contributed by atoms with Gasteiger partial charge in [-0.25, -0.2) is 0 Å². The summed E-state index contributed by atoms with van der Waals surface area (Å²) in [5, 5.41) is 20.7. The molecule has 0 spiro atoms. The minimum Gasteiger partial charge on any atom is -0.501 e. The van der Waals surface area contributed by atoms with E-state index < -0.39 is 4.92 Å². The highest BCUT2D eigenvalue weighted by Gasteiger charge is 2.19. The number of halogens is 1. The van der Waals surface area contributed by atoms with Crippen LogP contribution in [-0.4, -0.2) is 15.3 Å². The van der Waals surface area contributed by atoms with E-state index in [0.29, 0.717) is 4.90 Å². The fraction of sp³-hybridized carbons (Fsp3) is 0.333. The molecule has 0 fully saturated rings. The van der Waals surface area contributed by atoms with E-state index in [4.69, 9.17) is 11.6 Å². The Morgan fingerprint density at radius 1 is 1.53 bits per heavy atom. The third kappa shape index (κ3) is 3.00. The first-order valence-electron chi connectivity index (χ1n) is 4.25. The minimum atomic E-state index is -0.647. The maximum Gasteiger partial charge on any atom is 0.313 e. The zero-order valence-electron chi connectivity index (χ0n) is 8.23. The van der Waals surface area contributed by atoms with E-state index in [1.54, 1.807) is 0 Å². The fourth-order valence-corrected chi connectivity index (χ4v) is 2.24. The molecule has 1 aromatic carbocycles. The summed E-state index contributed by atoms with van der Waals surface area (Å²) in [6.07, 6.45) is 0. The molecule has 0 saturated heterocycles. The van der Waals surface area contributed by atoms with Gasteiger partial charge in [-0.15, -0.1) is 11.8 Å². The molecule has 0 unspecified atom stereocenters. The molecule has 0 aliphatic rings. The number of thioether (sulfide) groups is 1. The molecule has 1 rings (SSSR count). The van der Waals surface area contributed by atoms with Crippen LogP contribution in [0.2, 0.25) is 5.02 Å². The van der Waals surface area contributed by atoms with E-state index in [-0.39, 0.29) is 21.7 Å². The van der Waals surface area contributed by atoms with Crippen molar-refractivity contribution in [2.75, 3.05) is 0 Å². The number of hydrogen-bond donors (Lipinski definition) is 1. The molecule has 6 heteroatoms. The van der Waals surface area contributed by atoms with Gasteiger partial charge < -0.3 is 5.11 Å². The lowest BCUT2D eigenvalue weighted by molar-refractivity contribution is -0.386. The molecule has 0 aromatic heterocycles. The first-order chi connectivity index (χ1) is 6.91. The van der Waals surface area contributed by atoms with Crippen molar-refractivity contribution in [2.24, 2.45) is 0 Å². The maximum absolute atomic E-state index is 10.6. The number of phenols is 1. The first kappa shape index (κ1) is 12.1. The van der Waals surface area contributed by atoms with Crippen molar-refractivity contribution in [3.63, 3.8) is 0 Å². The number of nitrogens with zero attached hydrogens (tertiary/aromatic N) is 1. The maximum atomic E-state index is 10.6. The number of hydrogen-bond acceptors (Lipinski definition) is 4. The number of aromatic hydroxyl groups is 1. The van der Waals surface area contributed by atoms with Crippen LogP contribution in [0.15, 0.2) is 17.0 Å². The largest absolute Gasteiger partial charge is 0.501 e. The Labute approximate surface area is 96.4 Å². The second kappa shape index (κ2) is 4.72. The molecule has 0 aliphatic carbocycles. The van der Waals surface area contributed by atoms with Gasteiger partial charge in [0.1, 0.15) is 0 Å². The van der Waals surface area contributed by atoms with Crippen molar-refractivity contribution < 1.29 is 10.0 Å². The Hall–Kier alpha value is -0.940. The van der Waals surface area contributed by atoms with E-state index in [9.17, 15) is 15.2 Å². The molecule has 0 heterocycles. The number of nitro benzene ring substituents is 1. The van der Waals surface area contributed by atoms with Gasteiger partial charge in [0.25, 0.3) is 0 Å². The molecule has 0 saturated carbocycles. The zero-order valence-corrected chi connectivity index (χ0v) is 9.80. The van der Waals surface area contributed by atoms with Crippen molar-refractivity contribution in [1.29, 1.82) is 0 Å². The molecule has 0 aliphatic heterocycles. The van der Waals surface area contributed by atoms with Crippen LogP contribution in [0.25, 0.3) is 0 Å². The predicted octanol–water partition coefficient (Wildman–Crippen LogP) is 3.45.